The van der Waals surface area contributed by atoms with Gasteiger partial charge in [-0.15, -0.1) is 0 Å². The molecule has 3 heteroatoms. The number of rotatable bonds is 8. The van der Waals surface area contributed by atoms with E-state index < -0.39 is 0 Å². The molecule has 0 amide bonds. The highest BCUT2D eigenvalue weighted by molar-refractivity contribution is 5.17. The van der Waals surface area contributed by atoms with Crippen LogP contribution in [0.2, 0.25) is 0 Å². The molecule has 0 heterocycles. The summed E-state index contributed by atoms with van der Waals surface area (Å²) < 4.78 is 25.8. The van der Waals surface area contributed by atoms with Crippen molar-refractivity contribution in [1.82, 2.24) is 5.32 Å². The number of alkyl halides is 1. The van der Waals surface area contributed by atoms with Gasteiger partial charge in [0.25, 0.3) is 0 Å². The molecule has 0 spiro atoms. The maximum atomic E-state index is 13.0. The highest BCUT2D eigenvalue weighted by Gasteiger charge is 2.08. The molecule has 2 aromatic carbocycles. The van der Waals surface area contributed by atoms with Gasteiger partial charge in [-0.3, -0.25) is 0 Å². The maximum Gasteiger partial charge on any atom is 0.123 e. The van der Waals surface area contributed by atoms with Crippen molar-refractivity contribution in [2.24, 2.45) is 0 Å². The van der Waals surface area contributed by atoms with E-state index in [1.54, 1.807) is 12.1 Å². The second-order valence-electron chi connectivity index (χ2n) is 5.23. The molecule has 1 nitrogen and oxygen atoms in total. The van der Waals surface area contributed by atoms with Crippen molar-refractivity contribution in [2.45, 2.75) is 25.3 Å². The molecule has 0 saturated heterocycles. The first kappa shape index (κ1) is 15.6. The van der Waals surface area contributed by atoms with Crippen LogP contribution in [0.1, 0.15) is 17.5 Å². The van der Waals surface area contributed by atoms with E-state index in [-0.39, 0.29) is 18.5 Å². The predicted octanol–water partition coefficient (Wildman–Crippen LogP) is 3.93. The minimum Gasteiger partial charge on any atom is -0.311 e. The van der Waals surface area contributed by atoms with Crippen molar-refractivity contribution in [2.75, 3.05) is 13.2 Å². The quantitative estimate of drug-likeness (QED) is 0.726. The molecule has 0 aromatic heterocycles. The van der Waals surface area contributed by atoms with Crippen LogP contribution in [0.25, 0.3) is 0 Å². The zero-order valence-electron chi connectivity index (χ0n) is 12.1. The van der Waals surface area contributed by atoms with Crippen LogP contribution in [0, 0.1) is 5.82 Å². The molecular weight excluding hydrogens is 268 g/mol. The van der Waals surface area contributed by atoms with Crippen LogP contribution in [0.15, 0.2) is 54.6 Å². The summed E-state index contributed by atoms with van der Waals surface area (Å²) in [5.41, 5.74) is 2.25. The smallest absolute Gasteiger partial charge is 0.123 e. The molecule has 2 aromatic rings. The average molecular weight is 289 g/mol. The van der Waals surface area contributed by atoms with Gasteiger partial charge in [-0.1, -0.05) is 42.5 Å². The minimum atomic E-state index is -0.370. The van der Waals surface area contributed by atoms with Crippen LogP contribution in [0.3, 0.4) is 0 Å². The van der Waals surface area contributed by atoms with Crippen LogP contribution in [0.5, 0.6) is 0 Å². The third-order valence-electron chi connectivity index (χ3n) is 3.50. The maximum absolute atomic E-state index is 13.0. The fourth-order valence-electron chi connectivity index (χ4n) is 2.33. The second-order valence-corrected chi connectivity index (χ2v) is 5.23. The van der Waals surface area contributed by atoms with Gasteiger partial charge >= 0.3 is 0 Å². The van der Waals surface area contributed by atoms with E-state index in [0.29, 0.717) is 6.42 Å². The number of aryl methyl sites for hydroxylation is 1. The highest BCUT2D eigenvalue weighted by atomic mass is 19.1. The lowest BCUT2D eigenvalue weighted by atomic mass is 10.1. The van der Waals surface area contributed by atoms with Gasteiger partial charge in [0.2, 0.25) is 0 Å². The Kier molecular flexibility index (Phi) is 6.35. The Hall–Kier alpha value is -1.74. The zero-order chi connectivity index (χ0) is 14.9. The molecule has 1 atom stereocenters. The Morgan fingerprint density at radius 2 is 1.62 bits per heavy atom. The summed E-state index contributed by atoms with van der Waals surface area (Å²) in [5.74, 6) is -0.211. The Morgan fingerprint density at radius 3 is 2.29 bits per heavy atom. The van der Waals surface area contributed by atoms with E-state index in [9.17, 15) is 8.78 Å². The van der Waals surface area contributed by atoms with Gasteiger partial charge in [0.15, 0.2) is 0 Å². The van der Waals surface area contributed by atoms with Crippen molar-refractivity contribution in [3.05, 3.63) is 71.5 Å². The molecule has 0 aliphatic carbocycles. The first-order valence-corrected chi connectivity index (χ1v) is 7.35. The second kappa shape index (κ2) is 8.53. The number of hydrogen-bond donors (Lipinski definition) is 1. The lowest BCUT2D eigenvalue weighted by molar-refractivity contribution is 0.371. The van der Waals surface area contributed by atoms with E-state index in [1.807, 2.05) is 30.3 Å². The van der Waals surface area contributed by atoms with E-state index in [4.69, 9.17) is 0 Å². The Bertz CT molecular complexity index is 511. The third kappa shape index (κ3) is 5.64. The molecule has 1 unspecified atom stereocenters. The number of hydrogen-bond acceptors (Lipinski definition) is 1. The van der Waals surface area contributed by atoms with Crippen LogP contribution in [0.4, 0.5) is 8.78 Å². The summed E-state index contributed by atoms with van der Waals surface area (Å²) in [6, 6.07) is 16.3. The van der Waals surface area contributed by atoms with Gasteiger partial charge in [-0.2, -0.15) is 0 Å². The Labute approximate surface area is 125 Å². The third-order valence-corrected chi connectivity index (χ3v) is 3.50. The highest BCUT2D eigenvalue weighted by Crippen LogP contribution is 2.06. The topological polar surface area (TPSA) is 12.0 Å². The van der Waals surface area contributed by atoms with Crippen LogP contribution in [-0.4, -0.2) is 19.3 Å². The van der Waals surface area contributed by atoms with Gasteiger partial charge in [0.1, 0.15) is 12.5 Å². The van der Waals surface area contributed by atoms with Crippen molar-refractivity contribution in [3.8, 4) is 0 Å². The normalized spacial score (nSPS) is 12.3. The monoisotopic (exact) mass is 289 g/mol. The molecule has 21 heavy (non-hydrogen) atoms. The summed E-state index contributed by atoms with van der Waals surface area (Å²) >= 11 is 0. The Morgan fingerprint density at radius 1 is 0.905 bits per heavy atom. The first-order chi connectivity index (χ1) is 10.3. The van der Waals surface area contributed by atoms with Gasteiger partial charge in [-0.05, 0) is 49.1 Å². The summed E-state index contributed by atoms with van der Waals surface area (Å²) in [5, 5.41) is 3.25. The summed E-state index contributed by atoms with van der Waals surface area (Å²) in [4.78, 5) is 0. The molecule has 0 bridgehead atoms. The molecule has 1 N–H and O–H groups in total. The summed E-state index contributed by atoms with van der Waals surface area (Å²) in [6.45, 7) is 0.393. The van der Waals surface area contributed by atoms with Gasteiger partial charge in [0, 0.05) is 6.04 Å². The van der Waals surface area contributed by atoms with Gasteiger partial charge < -0.3 is 5.32 Å². The van der Waals surface area contributed by atoms with Gasteiger partial charge in [-0.25, -0.2) is 8.78 Å². The molecule has 0 aliphatic heterocycles. The fourth-order valence-corrected chi connectivity index (χ4v) is 2.33. The summed E-state index contributed by atoms with van der Waals surface area (Å²) in [6.07, 6.45) is 2.49. The lowest BCUT2D eigenvalue weighted by Gasteiger charge is -2.15. The van der Waals surface area contributed by atoms with E-state index in [2.05, 4.69) is 5.32 Å². The average Bonchev–Trinajstić information content (AvgIpc) is 2.53. The standard InChI is InChI=1S/C18H21F2N/c19-14-18(13-16-5-2-1-3-6-16)21-12-4-7-15-8-10-17(20)11-9-15/h1-3,5-6,8-11,18,21H,4,7,12-14H2. The predicted molar refractivity (Wildman–Crippen MR) is 82.6 cm³/mol. The summed E-state index contributed by atoms with van der Waals surface area (Å²) in [7, 11) is 0. The zero-order valence-corrected chi connectivity index (χ0v) is 12.1. The molecule has 0 fully saturated rings. The van der Waals surface area contributed by atoms with E-state index in [1.165, 1.54) is 12.1 Å². The van der Waals surface area contributed by atoms with Crippen molar-refractivity contribution < 1.29 is 8.78 Å². The van der Waals surface area contributed by atoms with Crippen LogP contribution >= 0.6 is 0 Å². The minimum absolute atomic E-state index is 0.138. The fraction of sp³-hybridized carbons (Fsp3) is 0.333. The largest absolute Gasteiger partial charge is 0.311 e. The molecule has 112 valence electrons. The number of nitrogens with one attached hydrogen (secondary N) is 1. The molecular formula is C18H21F2N. The van der Waals surface area contributed by atoms with Crippen LogP contribution in [-0.2, 0) is 12.8 Å². The Balaban J connectivity index is 1.70. The van der Waals surface area contributed by atoms with E-state index in [0.717, 1.165) is 30.5 Å². The first-order valence-electron chi connectivity index (χ1n) is 7.35. The van der Waals surface area contributed by atoms with Crippen molar-refractivity contribution >= 4 is 0 Å². The lowest BCUT2D eigenvalue weighted by Crippen LogP contribution is -2.34. The van der Waals surface area contributed by atoms with Crippen molar-refractivity contribution in [3.63, 3.8) is 0 Å². The van der Waals surface area contributed by atoms with Gasteiger partial charge in [0.05, 0.1) is 0 Å². The number of halogens is 2. The van der Waals surface area contributed by atoms with Crippen molar-refractivity contribution in [1.29, 1.82) is 0 Å². The van der Waals surface area contributed by atoms with E-state index >= 15 is 0 Å². The molecule has 0 radical (unpaired) electrons. The van der Waals surface area contributed by atoms with Crippen LogP contribution < -0.4 is 5.32 Å². The molecule has 0 saturated carbocycles. The SMILES string of the molecule is FCC(Cc1ccccc1)NCCCc1ccc(F)cc1. The number of benzene rings is 2. The molecule has 2 rings (SSSR count). The molecule has 0 aliphatic rings.